The first-order valence-electron chi connectivity index (χ1n) is 8.03. The summed E-state index contributed by atoms with van der Waals surface area (Å²) >= 11 is 0. The summed E-state index contributed by atoms with van der Waals surface area (Å²) in [5.41, 5.74) is 0.383. The Kier molecular flexibility index (Phi) is 8.93. The van der Waals surface area contributed by atoms with Gasteiger partial charge in [0.1, 0.15) is 0 Å². The number of unbranched alkanes of at least 4 members (excludes halogenated alkanes) is 3. The van der Waals surface area contributed by atoms with E-state index in [9.17, 15) is 0 Å². The molecule has 1 N–H and O–H groups in total. The molecule has 0 aromatic carbocycles. The minimum Gasteiger partial charge on any atom is -0.378 e. The Labute approximate surface area is 121 Å². The summed E-state index contributed by atoms with van der Waals surface area (Å²) < 4.78 is 6.01. The predicted octanol–water partition coefficient (Wildman–Crippen LogP) is 4.78. The van der Waals surface area contributed by atoms with Crippen LogP contribution in [0, 0.1) is 5.41 Å². The van der Waals surface area contributed by atoms with Gasteiger partial charge in [-0.15, -0.1) is 0 Å². The first kappa shape index (κ1) is 18.9. The van der Waals surface area contributed by atoms with Crippen LogP contribution in [0.2, 0.25) is 0 Å². The van der Waals surface area contributed by atoms with Crippen LogP contribution in [0.1, 0.15) is 80.6 Å². The third kappa shape index (κ3) is 12.7. The normalized spacial score (nSPS) is 14.7. The van der Waals surface area contributed by atoms with Crippen LogP contribution >= 0.6 is 0 Å². The molecule has 116 valence electrons. The second-order valence-corrected chi connectivity index (χ2v) is 7.74. The summed E-state index contributed by atoms with van der Waals surface area (Å²) in [5.74, 6) is 0. The van der Waals surface area contributed by atoms with E-state index >= 15 is 0 Å². The highest BCUT2D eigenvalue weighted by molar-refractivity contribution is 4.78. The molecule has 19 heavy (non-hydrogen) atoms. The topological polar surface area (TPSA) is 21.3 Å². The molecular weight excluding hydrogens is 234 g/mol. The van der Waals surface area contributed by atoms with E-state index < -0.39 is 0 Å². The van der Waals surface area contributed by atoms with Gasteiger partial charge in [-0.25, -0.2) is 0 Å². The van der Waals surface area contributed by atoms with Crippen molar-refractivity contribution in [2.45, 2.75) is 92.2 Å². The van der Waals surface area contributed by atoms with Gasteiger partial charge in [0.25, 0.3) is 0 Å². The smallest absolute Gasteiger partial charge is 0.0547 e. The minimum absolute atomic E-state index is 0.184. The molecule has 0 aliphatic rings. The molecule has 0 heterocycles. The summed E-state index contributed by atoms with van der Waals surface area (Å²) in [5, 5.41) is 3.57. The monoisotopic (exact) mass is 271 g/mol. The standard InChI is InChI=1S/C17H37NO/c1-8-9-10-11-12-15(2)19-14-17(6,7)13-18-16(3,4)5/h15,18H,8-14H2,1-7H3. The van der Waals surface area contributed by atoms with Crippen molar-refractivity contribution >= 4 is 0 Å². The molecule has 0 aromatic heterocycles. The maximum Gasteiger partial charge on any atom is 0.0547 e. The minimum atomic E-state index is 0.184. The molecule has 0 saturated carbocycles. The van der Waals surface area contributed by atoms with E-state index in [1.54, 1.807) is 0 Å². The van der Waals surface area contributed by atoms with Crippen LogP contribution in [0.3, 0.4) is 0 Å². The Hall–Kier alpha value is -0.0800. The lowest BCUT2D eigenvalue weighted by molar-refractivity contribution is 0.00563. The van der Waals surface area contributed by atoms with E-state index in [4.69, 9.17) is 4.74 Å². The van der Waals surface area contributed by atoms with Gasteiger partial charge in [0, 0.05) is 17.5 Å². The number of rotatable bonds is 10. The molecular formula is C17H37NO. The average Bonchev–Trinajstić information content (AvgIpc) is 2.29. The Morgan fingerprint density at radius 3 is 2.16 bits per heavy atom. The fraction of sp³-hybridized carbons (Fsp3) is 1.00. The molecule has 1 atom stereocenters. The van der Waals surface area contributed by atoms with Crippen molar-refractivity contribution in [1.29, 1.82) is 0 Å². The van der Waals surface area contributed by atoms with E-state index in [2.05, 4.69) is 53.8 Å². The van der Waals surface area contributed by atoms with Crippen molar-refractivity contribution in [2.24, 2.45) is 5.41 Å². The van der Waals surface area contributed by atoms with Gasteiger partial charge in [0.15, 0.2) is 0 Å². The molecule has 0 bridgehead atoms. The van der Waals surface area contributed by atoms with Gasteiger partial charge >= 0.3 is 0 Å². The Morgan fingerprint density at radius 2 is 1.63 bits per heavy atom. The van der Waals surface area contributed by atoms with Gasteiger partial charge in [-0.05, 0) is 34.1 Å². The van der Waals surface area contributed by atoms with E-state index in [0.29, 0.717) is 6.10 Å². The van der Waals surface area contributed by atoms with Crippen molar-refractivity contribution in [2.75, 3.05) is 13.2 Å². The van der Waals surface area contributed by atoms with E-state index in [1.807, 2.05) is 0 Å². The van der Waals surface area contributed by atoms with Gasteiger partial charge in [0.05, 0.1) is 12.7 Å². The second-order valence-electron chi connectivity index (χ2n) is 7.74. The first-order valence-corrected chi connectivity index (χ1v) is 8.03. The molecule has 0 radical (unpaired) electrons. The molecule has 1 unspecified atom stereocenters. The van der Waals surface area contributed by atoms with Crippen molar-refractivity contribution in [3.05, 3.63) is 0 Å². The summed E-state index contributed by atoms with van der Waals surface area (Å²) in [7, 11) is 0. The average molecular weight is 271 g/mol. The summed E-state index contributed by atoms with van der Waals surface area (Å²) in [6.07, 6.45) is 6.90. The Morgan fingerprint density at radius 1 is 1.00 bits per heavy atom. The maximum absolute atomic E-state index is 6.01. The van der Waals surface area contributed by atoms with Crippen LogP contribution in [0.5, 0.6) is 0 Å². The van der Waals surface area contributed by atoms with E-state index in [-0.39, 0.29) is 11.0 Å². The van der Waals surface area contributed by atoms with Gasteiger partial charge < -0.3 is 10.1 Å². The SMILES string of the molecule is CCCCCCC(C)OCC(C)(C)CNC(C)(C)C. The summed E-state index contributed by atoms with van der Waals surface area (Å²) in [4.78, 5) is 0. The third-order valence-corrected chi connectivity index (χ3v) is 3.32. The van der Waals surface area contributed by atoms with Gasteiger partial charge in [0.2, 0.25) is 0 Å². The number of ether oxygens (including phenoxy) is 1. The van der Waals surface area contributed by atoms with Gasteiger partial charge in [-0.2, -0.15) is 0 Å². The van der Waals surface area contributed by atoms with Crippen LogP contribution in [-0.2, 0) is 4.74 Å². The van der Waals surface area contributed by atoms with Crippen molar-refractivity contribution in [3.8, 4) is 0 Å². The fourth-order valence-corrected chi connectivity index (χ4v) is 1.87. The molecule has 0 saturated heterocycles. The molecule has 0 fully saturated rings. The largest absolute Gasteiger partial charge is 0.378 e. The Bertz CT molecular complexity index is 218. The summed E-state index contributed by atoms with van der Waals surface area (Å²) in [6.45, 7) is 17.5. The molecule has 0 rings (SSSR count). The highest BCUT2D eigenvalue weighted by Crippen LogP contribution is 2.18. The van der Waals surface area contributed by atoms with Crippen LogP contribution in [0.4, 0.5) is 0 Å². The third-order valence-electron chi connectivity index (χ3n) is 3.32. The highest BCUT2D eigenvalue weighted by Gasteiger charge is 2.22. The quantitative estimate of drug-likeness (QED) is 0.578. The number of hydrogen-bond donors (Lipinski definition) is 1. The molecule has 0 aromatic rings. The van der Waals surface area contributed by atoms with Crippen LogP contribution < -0.4 is 5.32 Å². The van der Waals surface area contributed by atoms with Crippen LogP contribution in [0.25, 0.3) is 0 Å². The first-order chi connectivity index (χ1) is 8.66. The number of hydrogen-bond acceptors (Lipinski definition) is 2. The number of nitrogens with one attached hydrogen (secondary N) is 1. The zero-order valence-corrected chi connectivity index (χ0v) is 14.4. The fourth-order valence-electron chi connectivity index (χ4n) is 1.87. The lowest BCUT2D eigenvalue weighted by atomic mass is 9.93. The zero-order chi connectivity index (χ0) is 14.9. The van der Waals surface area contributed by atoms with Crippen molar-refractivity contribution in [3.63, 3.8) is 0 Å². The molecule has 0 spiro atoms. The van der Waals surface area contributed by atoms with E-state index in [1.165, 1.54) is 32.1 Å². The lowest BCUT2D eigenvalue weighted by Crippen LogP contribution is -2.43. The maximum atomic E-state index is 6.01. The van der Waals surface area contributed by atoms with Crippen molar-refractivity contribution < 1.29 is 4.74 Å². The Balaban J connectivity index is 3.77. The molecule has 0 amide bonds. The highest BCUT2D eigenvalue weighted by atomic mass is 16.5. The van der Waals surface area contributed by atoms with Crippen molar-refractivity contribution in [1.82, 2.24) is 5.32 Å². The van der Waals surface area contributed by atoms with Gasteiger partial charge in [-0.3, -0.25) is 0 Å². The molecule has 0 aliphatic heterocycles. The molecule has 2 nitrogen and oxygen atoms in total. The predicted molar refractivity (Wildman–Crippen MR) is 85.7 cm³/mol. The van der Waals surface area contributed by atoms with Crippen LogP contribution in [-0.4, -0.2) is 24.8 Å². The van der Waals surface area contributed by atoms with Crippen LogP contribution in [0.15, 0.2) is 0 Å². The molecule has 0 aliphatic carbocycles. The van der Waals surface area contributed by atoms with Gasteiger partial charge in [-0.1, -0.05) is 46.5 Å². The zero-order valence-electron chi connectivity index (χ0n) is 14.4. The summed E-state index contributed by atoms with van der Waals surface area (Å²) in [6, 6.07) is 0. The molecule has 2 heteroatoms. The lowest BCUT2D eigenvalue weighted by Gasteiger charge is -2.31. The second kappa shape index (κ2) is 8.97. The van der Waals surface area contributed by atoms with E-state index in [0.717, 1.165) is 13.2 Å².